The minimum absolute atomic E-state index is 0.428. The molecule has 0 aliphatic carbocycles. The van der Waals surface area contributed by atoms with Gasteiger partial charge in [-0.1, -0.05) is 164 Å². The SMILES string of the molecule is CCCCc1nc(Cl)c([C@]2(C)C[C@H]3CCCN3O2)n1Cc1ccc(-c2ccccc2-c2nnnn2C(c2ccccc2)(c2ccccc2)c2ccccc2)cc1. The monoisotopic (exact) mass is 759 g/mol. The second-order valence-corrected chi connectivity index (χ2v) is 15.6. The summed E-state index contributed by atoms with van der Waals surface area (Å²) in [5, 5.41) is 16.7. The zero-order valence-electron chi connectivity index (χ0n) is 31.9. The molecule has 0 bridgehead atoms. The van der Waals surface area contributed by atoms with Gasteiger partial charge in [-0.25, -0.2) is 9.67 Å². The minimum atomic E-state index is -0.853. The fraction of sp³-hybridized carbons (Fsp3) is 0.277. The largest absolute Gasteiger partial charge is 0.324 e. The summed E-state index contributed by atoms with van der Waals surface area (Å²) in [5.74, 6) is 1.69. The van der Waals surface area contributed by atoms with E-state index >= 15 is 0 Å². The lowest BCUT2D eigenvalue weighted by molar-refractivity contribution is -0.194. The van der Waals surface area contributed by atoms with Gasteiger partial charge in [-0.3, -0.25) is 4.84 Å². The Balaban J connectivity index is 1.11. The third-order valence-corrected chi connectivity index (χ3v) is 11.9. The lowest BCUT2D eigenvalue weighted by Gasteiger charge is -2.36. The second-order valence-electron chi connectivity index (χ2n) is 15.3. The molecule has 4 heterocycles. The van der Waals surface area contributed by atoms with Crippen molar-refractivity contribution in [1.82, 2.24) is 34.8 Å². The van der Waals surface area contributed by atoms with Crippen LogP contribution in [0.25, 0.3) is 22.5 Å². The van der Waals surface area contributed by atoms with Gasteiger partial charge < -0.3 is 4.57 Å². The molecule has 7 aromatic rings. The number of unbranched alkanes of at least 4 members (excludes halogenated alkanes) is 1. The highest BCUT2D eigenvalue weighted by Gasteiger charge is 2.49. The molecule has 9 heteroatoms. The molecule has 2 atom stereocenters. The number of imidazole rings is 1. The van der Waals surface area contributed by atoms with Crippen LogP contribution in [0.15, 0.2) is 140 Å². The summed E-state index contributed by atoms with van der Waals surface area (Å²) in [4.78, 5) is 11.6. The number of rotatable bonds is 12. The Hall–Kier alpha value is -5.41. The van der Waals surface area contributed by atoms with E-state index in [0.717, 1.165) is 83.5 Å². The van der Waals surface area contributed by atoms with Gasteiger partial charge in [0.25, 0.3) is 0 Å². The summed E-state index contributed by atoms with van der Waals surface area (Å²) >= 11 is 7.01. The van der Waals surface area contributed by atoms with Crippen LogP contribution in [0.5, 0.6) is 0 Å². The van der Waals surface area contributed by atoms with E-state index in [2.05, 4.69) is 150 Å². The molecule has 0 spiro atoms. The average molecular weight is 760 g/mol. The van der Waals surface area contributed by atoms with Crippen LogP contribution in [0, 0.1) is 0 Å². The van der Waals surface area contributed by atoms with Gasteiger partial charge in [0.1, 0.15) is 17.0 Å². The van der Waals surface area contributed by atoms with E-state index in [-0.39, 0.29) is 0 Å². The fourth-order valence-corrected chi connectivity index (χ4v) is 9.47. The molecular weight excluding hydrogens is 714 g/mol. The molecule has 0 N–H and O–H groups in total. The summed E-state index contributed by atoms with van der Waals surface area (Å²) in [6.07, 6.45) is 6.26. The van der Waals surface area contributed by atoms with Crippen molar-refractivity contribution in [2.45, 2.75) is 76.1 Å². The lowest BCUT2D eigenvalue weighted by Crippen LogP contribution is -2.39. The summed E-state index contributed by atoms with van der Waals surface area (Å²) in [6, 6.07) is 49.2. The van der Waals surface area contributed by atoms with Crippen molar-refractivity contribution in [2.24, 2.45) is 0 Å². The van der Waals surface area contributed by atoms with E-state index in [1.54, 1.807) is 0 Å². The summed E-state index contributed by atoms with van der Waals surface area (Å²) < 4.78 is 4.33. The number of fused-ring (bicyclic) bond motifs is 1. The van der Waals surface area contributed by atoms with Crippen LogP contribution in [0.3, 0.4) is 0 Å². The number of hydrogen-bond acceptors (Lipinski definition) is 6. The number of hydroxylamine groups is 2. The van der Waals surface area contributed by atoms with Crippen molar-refractivity contribution in [2.75, 3.05) is 6.54 Å². The number of tetrazole rings is 1. The summed E-state index contributed by atoms with van der Waals surface area (Å²) in [6.45, 7) is 6.02. The van der Waals surface area contributed by atoms with Crippen molar-refractivity contribution in [3.05, 3.63) is 178 Å². The van der Waals surface area contributed by atoms with Crippen LogP contribution >= 0.6 is 11.6 Å². The Bertz CT molecular complexity index is 2300. The van der Waals surface area contributed by atoms with Gasteiger partial charge in [0.15, 0.2) is 11.0 Å². The van der Waals surface area contributed by atoms with Gasteiger partial charge in [-0.05, 0) is 70.0 Å². The number of aromatic nitrogens is 6. The van der Waals surface area contributed by atoms with Crippen molar-refractivity contribution in [3.63, 3.8) is 0 Å². The molecule has 0 amide bonds. The maximum absolute atomic E-state index is 7.01. The number of benzene rings is 5. The van der Waals surface area contributed by atoms with Gasteiger partial charge in [0, 0.05) is 37.5 Å². The van der Waals surface area contributed by atoms with E-state index in [1.807, 2.05) is 22.9 Å². The smallest absolute Gasteiger partial charge is 0.184 e. The van der Waals surface area contributed by atoms with Crippen LogP contribution in [-0.2, 0) is 28.9 Å². The quantitative estimate of drug-likeness (QED) is 0.116. The first-order valence-electron chi connectivity index (χ1n) is 19.8. The molecular formula is C47H46ClN7O. The highest BCUT2D eigenvalue weighted by molar-refractivity contribution is 6.30. The average Bonchev–Trinajstić information content (AvgIpc) is 4.03. The summed E-state index contributed by atoms with van der Waals surface area (Å²) in [7, 11) is 0. The second kappa shape index (κ2) is 15.3. The third-order valence-electron chi connectivity index (χ3n) is 11.7. The molecule has 8 nitrogen and oxygen atoms in total. The van der Waals surface area contributed by atoms with Gasteiger partial charge in [-0.15, -0.1) is 5.10 Å². The zero-order chi connectivity index (χ0) is 38.1. The van der Waals surface area contributed by atoms with Crippen LogP contribution in [0.2, 0.25) is 5.15 Å². The molecule has 0 radical (unpaired) electrons. The number of nitrogens with zero attached hydrogens (tertiary/aromatic N) is 7. The van der Waals surface area contributed by atoms with Gasteiger partial charge in [0.2, 0.25) is 0 Å². The fourth-order valence-electron chi connectivity index (χ4n) is 9.07. The highest BCUT2D eigenvalue weighted by atomic mass is 35.5. The first kappa shape index (κ1) is 36.2. The molecule has 2 aromatic heterocycles. The van der Waals surface area contributed by atoms with Gasteiger partial charge in [-0.2, -0.15) is 5.06 Å². The number of aryl methyl sites for hydroxylation is 1. The van der Waals surface area contributed by atoms with E-state index in [9.17, 15) is 0 Å². The van der Waals surface area contributed by atoms with E-state index in [1.165, 1.54) is 12.0 Å². The van der Waals surface area contributed by atoms with Crippen LogP contribution in [-0.4, -0.2) is 47.4 Å². The molecule has 2 fully saturated rings. The van der Waals surface area contributed by atoms with Crippen molar-refractivity contribution >= 4 is 11.6 Å². The van der Waals surface area contributed by atoms with E-state index in [4.69, 9.17) is 31.7 Å². The molecule has 0 unspecified atom stereocenters. The molecule has 2 aliphatic rings. The Morgan fingerprint density at radius 2 is 1.39 bits per heavy atom. The van der Waals surface area contributed by atoms with Gasteiger partial charge >= 0.3 is 0 Å². The lowest BCUT2D eigenvalue weighted by atomic mass is 9.77. The Kier molecular flexibility index (Phi) is 9.88. The highest BCUT2D eigenvalue weighted by Crippen LogP contribution is 2.47. The van der Waals surface area contributed by atoms with Crippen molar-refractivity contribution < 1.29 is 4.84 Å². The third kappa shape index (κ3) is 6.36. The predicted octanol–water partition coefficient (Wildman–Crippen LogP) is 10.1. The van der Waals surface area contributed by atoms with Crippen LogP contribution in [0.4, 0.5) is 0 Å². The molecule has 2 saturated heterocycles. The molecule has 56 heavy (non-hydrogen) atoms. The zero-order valence-corrected chi connectivity index (χ0v) is 32.7. The molecule has 5 aromatic carbocycles. The van der Waals surface area contributed by atoms with E-state index < -0.39 is 11.1 Å². The number of halogens is 1. The van der Waals surface area contributed by atoms with E-state index in [0.29, 0.717) is 23.6 Å². The van der Waals surface area contributed by atoms with Crippen molar-refractivity contribution in [3.8, 4) is 22.5 Å². The molecule has 282 valence electrons. The Morgan fingerprint density at radius 3 is 2.00 bits per heavy atom. The molecule has 0 saturated carbocycles. The first-order chi connectivity index (χ1) is 27.5. The normalized spacial score (nSPS) is 18.4. The van der Waals surface area contributed by atoms with Crippen molar-refractivity contribution in [1.29, 1.82) is 0 Å². The molecule has 9 rings (SSSR count). The number of hydrogen-bond donors (Lipinski definition) is 0. The van der Waals surface area contributed by atoms with Crippen LogP contribution in [0.1, 0.15) is 79.7 Å². The summed E-state index contributed by atoms with van der Waals surface area (Å²) in [5.41, 5.74) is 7.01. The standard InChI is InChI=1S/C47H46ClN7O/c1-3-4-26-42-49-44(48)43(46(2)32-39-23-16-31-54(39)56-46)53(42)33-34-27-29-35(30-28-34)40-24-14-15-25-41(40)45-50-51-52-55(45)47(36-17-8-5-9-18-36,37-19-10-6-11-20-37)38-21-12-7-13-22-38/h5-15,17-22,24-25,27-30,39H,3-4,16,23,26,31-33H2,1-2H3/t39-,46+/m1/s1. The Labute approximate surface area is 333 Å². The Morgan fingerprint density at radius 1 is 0.786 bits per heavy atom. The maximum Gasteiger partial charge on any atom is 0.184 e. The van der Waals surface area contributed by atoms with Crippen LogP contribution < -0.4 is 0 Å². The maximum atomic E-state index is 7.01. The first-order valence-corrected chi connectivity index (χ1v) is 20.2. The minimum Gasteiger partial charge on any atom is -0.324 e. The molecule has 2 aliphatic heterocycles. The van der Waals surface area contributed by atoms with Gasteiger partial charge in [0.05, 0.1) is 5.69 Å². The predicted molar refractivity (Wildman–Crippen MR) is 221 cm³/mol. The topological polar surface area (TPSA) is 73.9 Å².